The van der Waals surface area contributed by atoms with Crippen LogP contribution in [0.25, 0.3) is 0 Å². The third-order valence-electron chi connectivity index (χ3n) is 5.35. The van der Waals surface area contributed by atoms with Crippen molar-refractivity contribution in [3.05, 3.63) is 69.7 Å². The summed E-state index contributed by atoms with van der Waals surface area (Å²) < 4.78 is 63.4. The number of ether oxygens (including phenoxy) is 2. The maximum Gasteiger partial charge on any atom is 0.311 e. The molecule has 0 spiro atoms. The Morgan fingerprint density at radius 1 is 1.19 bits per heavy atom. The molecule has 1 aliphatic carbocycles. The minimum Gasteiger partial charge on any atom is -0.473 e. The van der Waals surface area contributed by atoms with Crippen molar-refractivity contribution in [3.63, 3.8) is 0 Å². The third-order valence-corrected chi connectivity index (χ3v) is 8.88. The maximum atomic E-state index is 14.3. The van der Waals surface area contributed by atoms with Crippen molar-refractivity contribution in [3.8, 4) is 5.75 Å². The van der Waals surface area contributed by atoms with E-state index < -0.39 is 50.5 Å². The number of anilines is 1. The fourth-order valence-electron chi connectivity index (χ4n) is 3.39. The van der Waals surface area contributed by atoms with E-state index in [2.05, 4.69) is 10.3 Å². The monoisotopic (exact) mass is 570 g/mol. The van der Waals surface area contributed by atoms with Crippen LogP contribution in [0.4, 0.5) is 13.9 Å². The number of amides is 1. The number of esters is 1. The number of rotatable bonds is 10. The second-order valence-electron chi connectivity index (χ2n) is 8.10. The summed E-state index contributed by atoms with van der Waals surface area (Å²) in [7, 11) is -3.47. The minimum atomic E-state index is -3.47. The molecule has 196 valence electrons. The molecule has 1 atom stereocenters. The second-order valence-corrected chi connectivity index (χ2v) is 11.9. The minimum absolute atomic E-state index is 0.0513. The Bertz CT molecular complexity index is 1430. The van der Waals surface area contributed by atoms with Crippen LogP contribution >= 0.6 is 22.9 Å². The van der Waals surface area contributed by atoms with Gasteiger partial charge in [0.05, 0.1) is 28.9 Å². The van der Waals surface area contributed by atoms with Crippen molar-refractivity contribution < 1.29 is 36.3 Å². The zero-order valence-corrected chi connectivity index (χ0v) is 21.8. The highest BCUT2D eigenvalue weighted by atomic mass is 35.5. The van der Waals surface area contributed by atoms with E-state index in [4.69, 9.17) is 21.1 Å². The first kappa shape index (κ1) is 27.0. The van der Waals surface area contributed by atoms with E-state index in [1.54, 1.807) is 6.92 Å². The van der Waals surface area contributed by atoms with E-state index in [0.29, 0.717) is 18.9 Å². The summed E-state index contributed by atoms with van der Waals surface area (Å²) in [6, 6.07) is 8.11. The standard InChI is InChI=1S/C24H21ClF2N2O6S2/c1-2-34-20(30)12-18-22(25)36-24(28-18)29-23(31)21(35-19-10-5-14(26)11-17(19)27)13-3-6-15(7-4-13)37(32,33)16-8-9-16/h3-7,10-11,16,21H,2,8-9,12H2,1H3,(H,28,29,31). The first-order valence-corrected chi connectivity index (χ1v) is 13.9. The van der Waals surface area contributed by atoms with Gasteiger partial charge in [-0.25, -0.2) is 22.2 Å². The van der Waals surface area contributed by atoms with Gasteiger partial charge in [-0.15, -0.1) is 0 Å². The molecule has 8 nitrogen and oxygen atoms in total. The number of nitrogens with one attached hydrogen (secondary N) is 1. The number of halogens is 3. The van der Waals surface area contributed by atoms with Crippen molar-refractivity contribution in [1.82, 2.24) is 4.98 Å². The fourth-order valence-corrected chi connectivity index (χ4v) is 6.09. The zero-order chi connectivity index (χ0) is 26.7. The Morgan fingerprint density at radius 2 is 1.89 bits per heavy atom. The van der Waals surface area contributed by atoms with Crippen molar-refractivity contribution in [2.75, 3.05) is 11.9 Å². The van der Waals surface area contributed by atoms with Crippen molar-refractivity contribution in [1.29, 1.82) is 0 Å². The van der Waals surface area contributed by atoms with E-state index in [1.165, 1.54) is 24.3 Å². The number of hydrogen-bond acceptors (Lipinski definition) is 8. The molecule has 1 saturated carbocycles. The van der Waals surface area contributed by atoms with Crippen LogP contribution in [0.2, 0.25) is 4.34 Å². The van der Waals surface area contributed by atoms with Gasteiger partial charge >= 0.3 is 5.97 Å². The van der Waals surface area contributed by atoms with Gasteiger partial charge in [0.25, 0.3) is 5.91 Å². The summed E-state index contributed by atoms with van der Waals surface area (Å²) in [4.78, 5) is 29.2. The van der Waals surface area contributed by atoms with Gasteiger partial charge in [-0.1, -0.05) is 35.1 Å². The van der Waals surface area contributed by atoms with Crippen LogP contribution in [-0.4, -0.2) is 37.1 Å². The number of sulfone groups is 1. The maximum absolute atomic E-state index is 14.3. The van der Waals surface area contributed by atoms with Gasteiger partial charge in [0.1, 0.15) is 10.2 Å². The van der Waals surface area contributed by atoms with Crippen molar-refractivity contribution in [2.45, 2.75) is 42.4 Å². The molecular formula is C24H21ClF2N2O6S2. The van der Waals surface area contributed by atoms with Gasteiger partial charge < -0.3 is 9.47 Å². The van der Waals surface area contributed by atoms with Crippen molar-refractivity contribution in [2.24, 2.45) is 0 Å². The smallest absolute Gasteiger partial charge is 0.311 e. The first-order chi connectivity index (χ1) is 17.6. The predicted octanol–water partition coefficient (Wildman–Crippen LogP) is 4.88. The van der Waals surface area contributed by atoms with Crippen LogP contribution in [-0.2, 0) is 30.6 Å². The normalized spacial score (nSPS) is 14.2. The molecule has 2 aromatic carbocycles. The molecule has 1 heterocycles. The molecule has 1 aliphatic rings. The second kappa shape index (κ2) is 11.1. The van der Waals surface area contributed by atoms with E-state index in [9.17, 15) is 26.8 Å². The summed E-state index contributed by atoms with van der Waals surface area (Å²) >= 11 is 7.05. The topological polar surface area (TPSA) is 112 Å². The number of nitrogens with zero attached hydrogens (tertiary/aromatic N) is 1. The lowest BCUT2D eigenvalue weighted by atomic mass is 10.1. The Kier molecular flexibility index (Phi) is 8.10. The molecule has 0 radical (unpaired) electrons. The molecule has 3 aromatic rings. The SMILES string of the molecule is CCOC(=O)Cc1nc(NC(=O)C(Oc2ccc(F)cc2F)c2ccc(S(=O)(=O)C3CC3)cc2)sc1Cl. The highest BCUT2D eigenvalue weighted by molar-refractivity contribution is 7.92. The van der Waals surface area contributed by atoms with Crippen LogP contribution in [0.1, 0.15) is 37.1 Å². The number of hydrogen-bond donors (Lipinski definition) is 1. The molecule has 0 saturated heterocycles. The Morgan fingerprint density at radius 3 is 2.51 bits per heavy atom. The van der Waals surface area contributed by atoms with E-state index in [-0.39, 0.29) is 38.6 Å². The Hall–Kier alpha value is -3.09. The molecule has 1 fully saturated rings. The zero-order valence-electron chi connectivity index (χ0n) is 19.4. The molecule has 1 aromatic heterocycles. The number of aromatic nitrogens is 1. The first-order valence-electron chi connectivity index (χ1n) is 11.2. The Labute approximate surface area is 220 Å². The van der Waals surface area contributed by atoms with Gasteiger partial charge in [0.2, 0.25) is 6.10 Å². The lowest BCUT2D eigenvalue weighted by Crippen LogP contribution is -2.26. The number of thiazole rings is 1. The molecule has 1 unspecified atom stereocenters. The third kappa shape index (κ3) is 6.43. The van der Waals surface area contributed by atoms with Gasteiger partial charge in [0, 0.05) is 11.6 Å². The average molecular weight is 571 g/mol. The molecule has 1 amide bonds. The van der Waals surface area contributed by atoms with Crippen LogP contribution < -0.4 is 10.1 Å². The van der Waals surface area contributed by atoms with Crippen LogP contribution in [0.15, 0.2) is 47.4 Å². The highest BCUT2D eigenvalue weighted by Crippen LogP contribution is 2.35. The molecule has 1 N–H and O–H groups in total. The average Bonchev–Trinajstić information content (AvgIpc) is 3.65. The van der Waals surface area contributed by atoms with E-state index in [1.807, 2.05) is 0 Å². The summed E-state index contributed by atoms with van der Waals surface area (Å²) in [5.74, 6) is -3.57. The summed E-state index contributed by atoms with van der Waals surface area (Å²) in [5, 5.41) is 2.16. The lowest BCUT2D eigenvalue weighted by Gasteiger charge is -2.19. The van der Waals surface area contributed by atoms with E-state index in [0.717, 1.165) is 23.5 Å². The molecule has 0 bridgehead atoms. The number of carbonyl (C=O) groups is 2. The molecule has 37 heavy (non-hydrogen) atoms. The van der Waals surface area contributed by atoms with Crippen LogP contribution in [0.5, 0.6) is 5.75 Å². The highest BCUT2D eigenvalue weighted by Gasteiger charge is 2.37. The molecule has 4 rings (SSSR count). The predicted molar refractivity (Wildman–Crippen MR) is 132 cm³/mol. The molecule has 13 heteroatoms. The Balaban J connectivity index is 1.60. The van der Waals surface area contributed by atoms with Crippen LogP contribution in [0, 0.1) is 11.6 Å². The van der Waals surface area contributed by atoms with Gasteiger partial charge in [-0.2, -0.15) is 0 Å². The van der Waals surface area contributed by atoms with E-state index >= 15 is 0 Å². The summed E-state index contributed by atoms with van der Waals surface area (Å²) in [6.07, 6.45) is -0.474. The molecular weight excluding hydrogens is 550 g/mol. The molecule has 0 aliphatic heterocycles. The number of carbonyl (C=O) groups excluding carboxylic acids is 2. The number of benzene rings is 2. The summed E-state index contributed by atoms with van der Waals surface area (Å²) in [5.41, 5.74) is 0.419. The lowest BCUT2D eigenvalue weighted by molar-refractivity contribution is -0.142. The quantitative estimate of drug-likeness (QED) is 0.346. The van der Waals surface area contributed by atoms with Gasteiger partial charge in [-0.3, -0.25) is 14.9 Å². The van der Waals surface area contributed by atoms with Gasteiger partial charge in [-0.05, 0) is 44.0 Å². The van der Waals surface area contributed by atoms with Crippen molar-refractivity contribution >= 4 is 49.8 Å². The summed E-state index contributed by atoms with van der Waals surface area (Å²) in [6.45, 7) is 1.84. The van der Waals surface area contributed by atoms with Crippen LogP contribution in [0.3, 0.4) is 0 Å². The van der Waals surface area contributed by atoms with Gasteiger partial charge in [0.15, 0.2) is 26.5 Å². The fraction of sp³-hybridized carbons (Fsp3) is 0.292. The largest absolute Gasteiger partial charge is 0.473 e.